The molecular formula is C56H41N. The summed E-state index contributed by atoms with van der Waals surface area (Å²) in [6, 6.07) is 73.8. The summed E-state index contributed by atoms with van der Waals surface area (Å²) < 4.78 is 0. The molecule has 3 aliphatic rings. The number of hydrogen-bond acceptors (Lipinski definition) is 1. The Morgan fingerprint density at radius 2 is 0.895 bits per heavy atom. The van der Waals surface area contributed by atoms with Crippen LogP contribution >= 0.6 is 0 Å². The van der Waals surface area contributed by atoms with Gasteiger partial charge in [-0.2, -0.15) is 0 Å². The van der Waals surface area contributed by atoms with Gasteiger partial charge in [-0.3, -0.25) is 0 Å². The third-order valence-electron chi connectivity index (χ3n) is 12.7. The molecule has 8 aromatic carbocycles. The standard InChI is InChI=1S/C56H41N/c1-38-14-12-23-51-54(38)47-19-8-10-21-49(47)56(51)50-22-11-9-20-48(50)55-52(56)24-13-25-53(55)57(45-34-30-43(31-35-45)40-17-6-3-7-18-40)46-36-32-44(33-37-46)42-28-26-41(27-29-42)39-15-4-2-5-16-39/h2-38,54H,1H3. The van der Waals surface area contributed by atoms with Crippen molar-refractivity contribution >= 4 is 17.1 Å². The number of fused-ring (bicyclic) bond motifs is 10. The van der Waals surface area contributed by atoms with Crippen LogP contribution < -0.4 is 4.90 Å². The first kappa shape index (κ1) is 33.4. The molecule has 8 aromatic rings. The maximum absolute atomic E-state index is 2.47. The number of rotatable bonds is 6. The molecule has 0 aromatic heterocycles. The fourth-order valence-corrected chi connectivity index (χ4v) is 10.2. The third kappa shape index (κ3) is 5.16. The minimum absolute atomic E-state index is 0.338. The first-order valence-electron chi connectivity index (χ1n) is 20.1. The van der Waals surface area contributed by atoms with Crippen molar-refractivity contribution in [3.8, 4) is 44.5 Å². The van der Waals surface area contributed by atoms with E-state index in [1.807, 2.05) is 0 Å². The molecule has 3 aliphatic carbocycles. The Balaban J connectivity index is 1.09. The summed E-state index contributed by atoms with van der Waals surface area (Å²) >= 11 is 0. The quantitative estimate of drug-likeness (QED) is 0.165. The number of benzene rings is 8. The van der Waals surface area contributed by atoms with Crippen LogP contribution in [0.25, 0.3) is 44.5 Å². The van der Waals surface area contributed by atoms with E-state index in [2.05, 4.69) is 230 Å². The normalized spacial score (nSPS) is 18.4. The van der Waals surface area contributed by atoms with E-state index in [-0.39, 0.29) is 5.41 Å². The van der Waals surface area contributed by atoms with E-state index in [1.165, 1.54) is 78.0 Å². The molecule has 3 atom stereocenters. The van der Waals surface area contributed by atoms with Crippen LogP contribution in [0.3, 0.4) is 0 Å². The van der Waals surface area contributed by atoms with E-state index >= 15 is 0 Å². The van der Waals surface area contributed by atoms with Crippen molar-refractivity contribution < 1.29 is 0 Å². The molecule has 0 saturated heterocycles. The summed E-state index contributed by atoms with van der Waals surface area (Å²) in [6.07, 6.45) is 7.10. The van der Waals surface area contributed by atoms with Gasteiger partial charge >= 0.3 is 0 Å². The van der Waals surface area contributed by atoms with Crippen LogP contribution in [0.2, 0.25) is 0 Å². The van der Waals surface area contributed by atoms with Gasteiger partial charge in [-0.25, -0.2) is 0 Å². The Morgan fingerprint density at radius 1 is 0.421 bits per heavy atom. The monoisotopic (exact) mass is 727 g/mol. The number of anilines is 3. The number of hydrogen-bond donors (Lipinski definition) is 0. The van der Waals surface area contributed by atoms with Gasteiger partial charge in [-0.05, 0) is 103 Å². The molecule has 0 heterocycles. The fraction of sp³-hybridized carbons (Fsp3) is 0.0714. The van der Waals surface area contributed by atoms with Gasteiger partial charge < -0.3 is 4.90 Å². The maximum atomic E-state index is 2.47. The van der Waals surface area contributed by atoms with E-state index < -0.39 is 0 Å². The third-order valence-corrected chi connectivity index (χ3v) is 12.7. The molecule has 0 aliphatic heterocycles. The molecule has 0 saturated carbocycles. The van der Waals surface area contributed by atoms with Crippen LogP contribution in [0.1, 0.15) is 35.1 Å². The Labute approximate surface area is 335 Å². The maximum Gasteiger partial charge on any atom is 0.0686 e. The second-order valence-electron chi connectivity index (χ2n) is 15.7. The van der Waals surface area contributed by atoms with Crippen LogP contribution in [0.15, 0.2) is 224 Å². The molecule has 0 amide bonds. The summed E-state index contributed by atoms with van der Waals surface area (Å²) in [5.41, 5.74) is 20.1. The lowest BCUT2D eigenvalue weighted by atomic mass is 9.67. The first-order valence-corrected chi connectivity index (χ1v) is 20.1. The van der Waals surface area contributed by atoms with Gasteiger partial charge in [0.05, 0.1) is 11.1 Å². The zero-order valence-electron chi connectivity index (χ0n) is 31.9. The van der Waals surface area contributed by atoms with Gasteiger partial charge in [0, 0.05) is 22.9 Å². The lowest BCUT2D eigenvalue weighted by Crippen LogP contribution is -2.28. The highest BCUT2D eigenvalue weighted by molar-refractivity contribution is 5.98. The van der Waals surface area contributed by atoms with Gasteiger partial charge in [-0.15, -0.1) is 0 Å². The Hall–Kier alpha value is -6.96. The van der Waals surface area contributed by atoms with Crippen molar-refractivity contribution in [3.05, 3.63) is 246 Å². The lowest BCUT2D eigenvalue weighted by molar-refractivity contribution is 0.588. The first-order chi connectivity index (χ1) is 28.2. The van der Waals surface area contributed by atoms with Crippen LogP contribution in [-0.2, 0) is 5.41 Å². The van der Waals surface area contributed by atoms with E-state index in [0.29, 0.717) is 11.8 Å². The van der Waals surface area contributed by atoms with Gasteiger partial charge in [0.25, 0.3) is 0 Å². The van der Waals surface area contributed by atoms with Crippen molar-refractivity contribution in [3.63, 3.8) is 0 Å². The predicted octanol–water partition coefficient (Wildman–Crippen LogP) is 14.7. The Morgan fingerprint density at radius 3 is 1.49 bits per heavy atom. The molecule has 0 fully saturated rings. The van der Waals surface area contributed by atoms with Crippen LogP contribution in [-0.4, -0.2) is 0 Å². The summed E-state index contributed by atoms with van der Waals surface area (Å²) in [7, 11) is 0. The largest absolute Gasteiger partial charge is 0.310 e. The molecule has 1 nitrogen and oxygen atoms in total. The second-order valence-corrected chi connectivity index (χ2v) is 15.7. The van der Waals surface area contributed by atoms with Gasteiger partial charge in [-0.1, -0.05) is 195 Å². The van der Waals surface area contributed by atoms with Crippen molar-refractivity contribution in [1.82, 2.24) is 0 Å². The van der Waals surface area contributed by atoms with Crippen LogP contribution in [0.5, 0.6) is 0 Å². The second kappa shape index (κ2) is 13.4. The molecule has 11 rings (SSSR count). The predicted molar refractivity (Wildman–Crippen MR) is 238 cm³/mol. The summed E-state index contributed by atoms with van der Waals surface area (Å²) in [4.78, 5) is 2.47. The van der Waals surface area contributed by atoms with Gasteiger partial charge in [0.2, 0.25) is 0 Å². The van der Waals surface area contributed by atoms with E-state index in [4.69, 9.17) is 0 Å². The molecule has 0 N–H and O–H groups in total. The topological polar surface area (TPSA) is 3.24 Å². The minimum atomic E-state index is -0.360. The Kier molecular flexibility index (Phi) is 7.82. The van der Waals surface area contributed by atoms with Crippen molar-refractivity contribution in [2.24, 2.45) is 5.92 Å². The molecule has 57 heavy (non-hydrogen) atoms. The lowest BCUT2D eigenvalue weighted by Gasteiger charge is -2.34. The summed E-state index contributed by atoms with van der Waals surface area (Å²) in [6.45, 7) is 2.38. The smallest absolute Gasteiger partial charge is 0.0686 e. The van der Waals surface area contributed by atoms with Gasteiger partial charge in [0.1, 0.15) is 0 Å². The average molecular weight is 728 g/mol. The minimum Gasteiger partial charge on any atom is -0.310 e. The highest BCUT2D eigenvalue weighted by Gasteiger charge is 2.56. The number of nitrogens with zero attached hydrogens (tertiary/aromatic N) is 1. The molecule has 0 radical (unpaired) electrons. The highest BCUT2D eigenvalue weighted by atomic mass is 15.1. The highest BCUT2D eigenvalue weighted by Crippen LogP contribution is 2.67. The molecule has 3 unspecified atom stereocenters. The molecule has 1 spiro atoms. The zero-order valence-corrected chi connectivity index (χ0v) is 31.9. The summed E-state index contributed by atoms with van der Waals surface area (Å²) in [5.74, 6) is 0.752. The number of allylic oxidation sites excluding steroid dienone is 4. The molecule has 0 bridgehead atoms. The zero-order chi connectivity index (χ0) is 37.9. The van der Waals surface area contributed by atoms with E-state index in [0.717, 1.165) is 11.4 Å². The van der Waals surface area contributed by atoms with Crippen molar-refractivity contribution in [1.29, 1.82) is 0 Å². The van der Waals surface area contributed by atoms with Crippen LogP contribution in [0.4, 0.5) is 17.1 Å². The van der Waals surface area contributed by atoms with Crippen molar-refractivity contribution in [2.75, 3.05) is 4.90 Å². The fourth-order valence-electron chi connectivity index (χ4n) is 10.2. The summed E-state index contributed by atoms with van der Waals surface area (Å²) in [5, 5.41) is 0. The van der Waals surface area contributed by atoms with Gasteiger partial charge in [0.15, 0.2) is 0 Å². The van der Waals surface area contributed by atoms with E-state index in [1.54, 1.807) is 0 Å². The van der Waals surface area contributed by atoms with Crippen LogP contribution in [0, 0.1) is 5.92 Å². The Bertz CT molecular complexity index is 2830. The average Bonchev–Trinajstić information content (AvgIpc) is 3.76. The molecular weight excluding hydrogens is 687 g/mol. The SMILES string of the molecule is CC1C=CC=C2C1c1ccccc1C21c2ccccc2-c2c(N(c3ccc(-c4ccccc4)cc3)c3ccc(-c4ccc(-c5ccccc5)cc4)cc3)cccc21. The molecule has 1 heteroatoms. The molecule has 270 valence electrons. The van der Waals surface area contributed by atoms with Crippen molar-refractivity contribution in [2.45, 2.75) is 18.3 Å². The van der Waals surface area contributed by atoms with E-state index in [9.17, 15) is 0 Å².